The van der Waals surface area contributed by atoms with Crippen LogP contribution in [0.5, 0.6) is 5.75 Å². The van der Waals surface area contributed by atoms with Crippen LogP contribution in [0, 0.1) is 11.7 Å². The van der Waals surface area contributed by atoms with Gasteiger partial charge in [-0.15, -0.1) is 0 Å². The fourth-order valence-electron chi connectivity index (χ4n) is 2.91. The molecule has 4 nitrogen and oxygen atoms in total. The average molecular weight is 319 g/mol. The molecular weight excluding hydrogens is 305 g/mol. The summed E-state index contributed by atoms with van der Waals surface area (Å²) in [5, 5.41) is 0. The zero-order chi connectivity index (χ0) is 15.3. The Hall–Kier alpha value is -2.08. The number of ether oxygens (including phenoxy) is 1. The predicted molar refractivity (Wildman–Crippen MR) is 80.0 cm³/mol. The Morgan fingerprint density at radius 3 is 2.82 bits per heavy atom. The number of rotatable bonds is 3. The lowest BCUT2D eigenvalue weighted by atomic mass is 10.1. The summed E-state index contributed by atoms with van der Waals surface area (Å²) in [5.41, 5.74) is 1.51. The largest absolute Gasteiger partial charge is 0.493 e. The van der Waals surface area contributed by atoms with Gasteiger partial charge in [-0.1, -0.05) is 18.2 Å². The van der Waals surface area contributed by atoms with Crippen molar-refractivity contribution in [1.29, 1.82) is 0 Å². The standard InChI is InChI=1S/C16H14FNO3S/c17-14-3-1-2-4-16(14)22(19,20)18-11-5-6-12-13-7-10(13)9-21-15(12)8-11/h1-6,8,10,13,18H,7,9H2. The van der Waals surface area contributed by atoms with Gasteiger partial charge in [-0.2, -0.15) is 0 Å². The molecule has 2 aromatic rings. The number of sulfonamides is 1. The summed E-state index contributed by atoms with van der Waals surface area (Å²) in [5.74, 6) is 1.09. The van der Waals surface area contributed by atoms with E-state index < -0.39 is 15.8 Å². The molecule has 1 saturated carbocycles. The number of hydrogen-bond donors (Lipinski definition) is 1. The van der Waals surface area contributed by atoms with Crippen molar-refractivity contribution < 1.29 is 17.5 Å². The molecule has 0 bridgehead atoms. The molecule has 0 aromatic heterocycles. The third kappa shape index (κ3) is 2.23. The lowest BCUT2D eigenvalue weighted by Crippen LogP contribution is -2.15. The zero-order valence-electron chi connectivity index (χ0n) is 11.6. The van der Waals surface area contributed by atoms with E-state index in [0.29, 0.717) is 29.9 Å². The first-order valence-electron chi connectivity index (χ1n) is 7.09. The summed E-state index contributed by atoms with van der Waals surface area (Å²) in [6.07, 6.45) is 1.13. The molecule has 1 aliphatic heterocycles. The molecule has 114 valence electrons. The maximum Gasteiger partial charge on any atom is 0.264 e. The second-order valence-corrected chi connectivity index (χ2v) is 7.35. The SMILES string of the molecule is O=S(=O)(Nc1ccc2c(c1)OCC1CC21)c1ccccc1F. The van der Waals surface area contributed by atoms with Crippen LogP contribution in [-0.4, -0.2) is 15.0 Å². The van der Waals surface area contributed by atoms with Gasteiger partial charge in [-0.05, 0) is 36.1 Å². The quantitative estimate of drug-likeness (QED) is 0.945. The number of fused-ring (bicyclic) bond motifs is 3. The molecule has 2 aliphatic rings. The van der Waals surface area contributed by atoms with Gasteiger partial charge in [0.15, 0.2) is 0 Å². The van der Waals surface area contributed by atoms with E-state index in [2.05, 4.69) is 4.72 Å². The Labute approximate surface area is 128 Å². The van der Waals surface area contributed by atoms with Gasteiger partial charge in [0.2, 0.25) is 0 Å². The minimum atomic E-state index is -3.95. The molecule has 1 N–H and O–H groups in total. The first kappa shape index (κ1) is 13.6. The first-order chi connectivity index (χ1) is 10.5. The molecule has 0 spiro atoms. The van der Waals surface area contributed by atoms with E-state index in [1.165, 1.54) is 18.2 Å². The second kappa shape index (κ2) is 4.71. The molecule has 1 aliphatic carbocycles. The summed E-state index contributed by atoms with van der Waals surface area (Å²) in [7, 11) is -3.95. The van der Waals surface area contributed by atoms with Crippen LogP contribution < -0.4 is 9.46 Å². The second-order valence-electron chi connectivity index (χ2n) is 5.70. The van der Waals surface area contributed by atoms with Crippen LogP contribution in [0.1, 0.15) is 17.9 Å². The molecule has 2 aromatic carbocycles. The van der Waals surface area contributed by atoms with Gasteiger partial charge in [0.25, 0.3) is 10.0 Å². The van der Waals surface area contributed by atoms with Crippen molar-refractivity contribution in [1.82, 2.24) is 0 Å². The molecule has 1 fully saturated rings. The third-order valence-electron chi connectivity index (χ3n) is 4.17. The highest BCUT2D eigenvalue weighted by molar-refractivity contribution is 7.92. The van der Waals surface area contributed by atoms with Crippen LogP contribution in [0.15, 0.2) is 47.4 Å². The van der Waals surface area contributed by atoms with E-state index in [1.807, 2.05) is 6.07 Å². The van der Waals surface area contributed by atoms with Crippen LogP contribution in [-0.2, 0) is 10.0 Å². The van der Waals surface area contributed by atoms with E-state index in [9.17, 15) is 12.8 Å². The predicted octanol–water partition coefficient (Wildman–Crippen LogP) is 3.12. The lowest BCUT2D eigenvalue weighted by Gasteiger charge is -2.18. The molecule has 0 saturated heterocycles. The average Bonchev–Trinajstić information content (AvgIpc) is 3.26. The Balaban J connectivity index is 1.65. The van der Waals surface area contributed by atoms with Gasteiger partial charge in [-0.3, -0.25) is 4.72 Å². The maximum absolute atomic E-state index is 13.7. The van der Waals surface area contributed by atoms with E-state index in [0.717, 1.165) is 18.1 Å². The number of nitrogens with one attached hydrogen (secondary N) is 1. The topological polar surface area (TPSA) is 55.4 Å². The highest BCUT2D eigenvalue weighted by Crippen LogP contribution is 2.54. The van der Waals surface area contributed by atoms with Gasteiger partial charge in [0.1, 0.15) is 16.5 Å². The van der Waals surface area contributed by atoms with Crippen LogP contribution in [0.4, 0.5) is 10.1 Å². The van der Waals surface area contributed by atoms with Crippen LogP contribution in [0.2, 0.25) is 0 Å². The summed E-state index contributed by atoms with van der Waals surface area (Å²) < 4.78 is 46.3. The van der Waals surface area contributed by atoms with E-state index in [-0.39, 0.29) is 4.90 Å². The van der Waals surface area contributed by atoms with Crippen LogP contribution in [0.25, 0.3) is 0 Å². The normalized spacial score (nSPS) is 22.2. The van der Waals surface area contributed by atoms with Crippen molar-refractivity contribution in [2.75, 3.05) is 11.3 Å². The van der Waals surface area contributed by atoms with Gasteiger partial charge >= 0.3 is 0 Å². The molecule has 1 heterocycles. The van der Waals surface area contributed by atoms with Crippen LogP contribution >= 0.6 is 0 Å². The first-order valence-corrected chi connectivity index (χ1v) is 8.57. The fraction of sp³-hybridized carbons (Fsp3) is 0.250. The molecular formula is C16H14FNO3S. The minimum absolute atomic E-state index is 0.365. The molecule has 0 radical (unpaired) electrons. The van der Waals surface area contributed by atoms with Gasteiger partial charge < -0.3 is 4.74 Å². The number of halogens is 1. The van der Waals surface area contributed by atoms with Crippen molar-refractivity contribution >= 4 is 15.7 Å². The van der Waals surface area contributed by atoms with Crippen molar-refractivity contribution in [2.45, 2.75) is 17.2 Å². The highest BCUT2D eigenvalue weighted by atomic mass is 32.2. The Kier molecular flexibility index (Phi) is 2.91. The number of hydrogen-bond acceptors (Lipinski definition) is 3. The molecule has 22 heavy (non-hydrogen) atoms. The fourth-order valence-corrected chi connectivity index (χ4v) is 4.04. The maximum atomic E-state index is 13.7. The Morgan fingerprint density at radius 1 is 1.18 bits per heavy atom. The van der Waals surface area contributed by atoms with Gasteiger partial charge in [0, 0.05) is 12.0 Å². The summed E-state index contributed by atoms with van der Waals surface area (Å²) in [6, 6.07) is 10.6. The molecule has 2 atom stereocenters. The molecule has 4 rings (SSSR count). The Morgan fingerprint density at radius 2 is 2.00 bits per heavy atom. The summed E-state index contributed by atoms with van der Waals surface area (Å²) in [6.45, 7) is 0.682. The monoisotopic (exact) mass is 319 g/mol. The Bertz CT molecular complexity index is 850. The van der Waals surface area contributed by atoms with Crippen molar-refractivity contribution in [3.8, 4) is 5.75 Å². The third-order valence-corrected chi connectivity index (χ3v) is 5.58. The number of benzene rings is 2. The summed E-state index contributed by atoms with van der Waals surface area (Å²) >= 11 is 0. The lowest BCUT2D eigenvalue weighted by molar-refractivity contribution is 0.279. The summed E-state index contributed by atoms with van der Waals surface area (Å²) in [4.78, 5) is -0.365. The van der Waals surface area contributed by atoms with Crippen molar-refractivity contribution in [2.24, 2.45) is 5.92 Å². The highest BCUT2D eigenvalue weighted by Gasteiger charge is 2.43. The van der Waals surface area contributed by atoms with Crippen molar-refractivity contribution in [3.63, 3.8) is 0 Å². The molecule has 6 heteroatoms. The van der Waals surface area contributed by atoms with Crippen LogP contribution in [0.3, 0.4) is 0 Å². The van der Waals surface area contributed by atoms with E-state index in [4.69, 9.17) is 4.74 Å². The molecule has 0 amide bonds. The zero-order valence-corrected chi connectivity index (χ0v) is 12.4. The molecule has 2 unspecified atom stereocenters. The van der Waals surface area contributed by atoms with E-state index in [1.54, 1.807) is 12.1 Å². The minimum Gasteiger partial charge on any atom is -0.493 e. The smallest absolute Gasteiger partial charge is 0.264 e. The van der Waals surface area contributed by atoms with Gasteiger partial charge in [-0.25, -0.2) is 12.8 Å². The van der Waals surface area contributed by atoms with E-state index >= 15 is 0 Å². The van der Waals surface area contributed by atoms with Crippen molar-refractivity contribution in [3.05, 3.63) is 53.8 Å². The van der Waals surface area contributed by atoms with Gasteiger partial charge in [0.05, 0.1) is 12.3 Å². The number of anilines is 1.